The fraction of sp³-hybridized carbons (Fsp3) is 0.231. The summed E-state index contributed by atoms with van der Waals surface area (Å²) in [7, 11) is 0. The Morgan fingerprint density at radius 1 is 1.09 bits per heavy atom. The molecule has 5 rings (SSSR count). The lowest BCUT2D eigenvalue weighted by Gasteiger charge is -2.26. The predicted molar refractivity (Wildman–Crippen MR) is 127 cm³/mol. The van der Waals surface area contributed by atoms with Crippen molar-refractivity contribution in [3.8, 4) is 34.5 Å². The maximum Gasteiger partial charge on any atom is 0.146 e. The molecule has 1 aliphatic rings. The van der Waals surface area contributed by atoms with Gasteiger partial charge in [0.1, 0.15) is 29.3 Å². The molecule has 1 aliphatic heterocycles. The van der Waals surface area contributed by atoms with Crippen LogP contribution in [-0.2, 0) is 13.0 Å². The molecule has 0 amide bonds. The lowest BCUT2D eigenvalue weighted by Crippen LogP contribution is -2.37. The SMILES string of the molecule is CC#CCN[C@@H]1CCc2c(-c3ccc(Oc4ccccc4)cc3)c3c(N)ncnc3n2C1. The minimum Gasteiger partial charge on any atom is -0.457 e. The Morgan fingerprint density at radius 3 is 2.66 bits per heavy atom. The maximum absolute atomic E-state index is 6.35. The average Bonchev–Trinajstić information content (AvgIpc) is 3.16. The minimum atomic E-state index is 0.352. The van der Waals surface area contributed by atoms with Crippen molar-refractivity contribution in [2.24, 2.45) is 0 Å². The molecule has 6 heteroatoms. The Labute approximate surface area is 187 Å². The number of benzene rings is 2. The zero-order valence-corrected chi connectivity index (χ0v) is 18.0. The smallest absolute Gasteiger partial charge is 0.146 e. The van der Waals surface area contributed by atoms with Crippen molar-refractivity contribution in [1.82, 2.24) is 19.9 Å². The summed E-state index contributed by atoms with van der Waals surface area (Å²) in [6, 6.07) is 18.3. The van der Waals surface area contributed by atoms with E-state index in [9.17, 15) is 0 Å². The van der Waals surface area contributed by atoms with Gasteiger partial charge in [-0.2, -0.15) is 0 Å². The lowest BCUT2D eigenvalue weighted by molar-refractivity contribution is 0.405. The maximum atomic E-state index is 6.35. The Balaban J connectivity index is 1.51. The predicted octanol–water partition coefficient (Wildman–Crippen LogP) is 4.40. The highest BCUT2D eigenvalue weighted by molar-refractivity contribution is 6.02. The van der Waals surface area contributed by atoms with Gasteiger partial charge in [-0.05, 0) is 49.6 Å². The molecule has 1 atom stereocenters. The van der Waals surface area contributed by atoms with Gasteiger partial charge < -0.3 is 20.4 Å². The van der Waals surface area contributed by atoms with Crippen LogP contribution in [0.4, 0.5) is 5.82 Å². The number of nitrogen functional groups attached to an aromatic ring is 1. The first-order valence-corrected chi connectivity index (χ1v) is 10.8. The molecule has 4 aromatic rings. The molecular formula is C26H25N5O. The number of nitrogens with two attached hydrogens (primary N) is 1. The topological polar surface area (TPSA) is 78.0 Å². The van der Waals surface area contributed by atoms with Crippen molar-refractivity contribution in [1.29, 1.82) is 0 Å². The van der Waals surface area contributed by atoms with E-state index in [0.29, 0.717) is 18.4 Å². The van der Waals surface area contributed by atoms with Crippen molar-refractivity contribution < 1.29 is 4.74 Å². The second-order valence-electron chi connectivity index (χ2n) is 7.87. The molecule has 3 N–H and O–H groups in total. The van der Waals surface area contributed by atoms with Gasteiger partial charge in [-0.3, -0.25) is 0 Å². The highest BCUT2D eigenvalue weighted by atomic mass is 16.5. The second-order valence-corrected chi connectivity index (χ2v) is 7.87. The molecular weight excluding hydrogens is 398 g/mol. The number of hydrogen-bond acceptors (Lipinski definition) is 5. The highest BCUT2D eigenvalue weighted by Crippen LogP contribution is 2.39. The fourth-order valence-corrected chi connectivity index (χ4v) is 4.40. The van der Waals surface area contributed by atoms with Crippen molar-refractivity contribution >= 4 is 16.9 Å². The van der Waals surface area contributed by atoms with Gasteiger partial charge in [-0.1, -0.05) is 36.3 Å². The summed E-state index contributed by atoms with van der Waals surface area (Å²) in [4.78, 5) is 8.88. The van der Waals surface area contributed by atoms with Crippen molar-refractivity contribution in [2.75, 3.05) is 12.3 Å². The third-order valence-electron chi connectivity index (χ3n) is 5.89. The van der Waals surface area contributed by atoms with Crippen molar-refractivity contribution in [3.63, 3.8) is 0 Å². The average molecular weight is 424 g/mol. The summed E-state index contributed by atoms with van der Waals surface area (Å²) < 4.78 is 8.25. The van der Waals surface area contributed by atoms with Gasteiger partial charge in [0.2, 0.25) is 0 Å². The van der Waals surface area contributed by atoms with Gasteiger partial charge >= 0.3 is 0 Å². The third kappa shape index (κ3) is 3.79. The van der Waals surface area contributed by atoms with E-state index in [4.69, 9.17) is 10.5 Å². The van der Waals surface area contributed by atoms with E-state index in [2.05, 4.69) is 43.8 Å². The Hall–Kier alpha value is -3.82. The first-order valence-electron chi connectivity index (χ1n) is 10.8. The van der Waals surface area contributed by atoms with Gasteiger partial charge in [0.25, 0.3) is 0 Å². The number of ether oxygens (including phenoxy) is 1. The number of para-hydroxylation sites is 1. The van der Waals surface area contributed by atoms with E-state index >= 15 is 0 Å². The van der Waals surface area contributed by atoms with Crippen LogP contribution in [0.2, 0.25) is 0 Å². The van der Waals surface area contributed by atoms with Crippen LogP contribution < -0.4 is 15.8 Å². The summed E-state index contributed by atoms with van der Waals surface area (Å²) in [5, 5.41) is 4.46. The standard InChI is InChI=1S/C26H25N5O/c1-2-3-15-28-19-11-14-22-23(24-25(27)29-17-30-26(24)31(22)16-19)18-9-12-21(13-10-18)32-20-7-5-4-6-8-20/h4-10,12-13,17,19,28H,11,14-16H2,1H3,(H2,27,29,30)/t19-/m1/s1. The van der Waals surface area contributed by atoms with Crippen molar-refractivity contribution in [2.45, 2.75) is 32.4 Å². The molecule has 0 spiro atoms. The van der Waals surface area contributed by atoms with Crippen LogP contribution in [0.5, 0.6) is 11.5 Å². The number of nitrogens with zero attached hydrogens (tertiary/aromatic N) is 3. The van der Waals surface area contributed by atoms with Crippen LogP contribution in [0.1, 0.15) is 19.0 Å². The monoisotopic (exact) mass is 423 g/mol. The van der Waals surface area contributed by atoms with Crippen LogP contribution in [0, 0.1) is 11.8 Å². The molecule has 32 heavy (non-hydrogen) atoms. The van der Waals surface area contributed by atoms with E-state index in [1.54, 1.807) is 6.33 Å². The molecule has 0 saturated carbocycles. The lowest BCUT2D eigenvalue weighted by atomic mass is 9.97. The van der Waals surface area contributed by atoms with E-state index in [-0.39, 0.29) is 0 Å². The van der Waals surface area contributed by atoms with Crippen LogP contribution in [0.25, 0.3) is 22.2 Å². The van der Waals surface area contributed by atoms with Gasteiger partial charge in [-0.15, -0.1) is 5.92 Å². The third-order valence-corrected chi connectivity index (χ3v) is 5.89. The van der Waals surface area contributed by atoms with Crippen LogP contribution >= 0.6 is 0 Å². The van der Waals surface area contributed by atoms with E-state index in [0.717, 1.165) is 53.0 Å². The normalized spacial score (nSPS) is 15.1. The Bertz CT molecular complexity index is 1300. The molecule has 0 radical (unpaired) electrons. The summed E-state index contributed by atoms with van der Waals surface area (Å²) in [5.41, 5.74) is 10.7. The second kappa shape index (κ2) is 8.74. The van der Waals surface area contributed by atoms with Gasteiger partial charge in [0.15, 0.2) is 0 Å². The van der Waals surface area contributed by atoms with Crippen molar-refractivity contribution in [3.05, 3.63) is 66.6 Å². The minimum absolute atomic E-state index is 0.352. The molecule has 2 aromatic carbocycles. The zero-order valence-electron chi connectivity index (χ0n) is 18.0. The van der Waals surface area contributed by atoms with Crippen LogP contribution in [-0.4, -0.2) is 27.1 Å². The summed E-state index contributed by atoms with van der Waals surface area (Å²) in [5.74, 6) is 8.16. The zero-order chi connectivity index (χ0) is 21.9. The molecule has 0 aliphatic carbocycles. The molecule has 0 fully saturated rings. The first-order chi connectivity index (χ1) is 15.7. The number of aromatic nitrogens is 3. The molecule has 0 unspecified atom stereocenters. The number of fused-ring (bicyclic) bond motifs is 3. The molecule has 0 saturated heterocycles. The number of anilines is 1. The van der Waals surface area contributed by atoms with Gasteiger partial charge in [0, 0.05) is 23.8 Å². The largest absolute Gasteiger partial charge is 0.457 e. The van der Waals surface area contributed by atoms with E-state index in [1.165, 1.54) is 5.69 Å². The number of rotatable bonds is 5. The molecule has 3 heterocycles. The van der Waals surface area contributed by atoms with E-state index < -0.39 is 0 Å². The highest BCUT2D eigenvalue weighted by Gasteiger charge is 2.27. The number of nitrogens with one attached hydrogen (secondary N) is 1. The molecule has 6 nitrogen and oxygen atoms in total. The quantitative estimate of drug-likeness (QED) is 0.465. The summed E-state index contributed by atoms with van der Waals surface area (Å²) >= 11 is 0. The fourth-order valence-electron chi connectivity index (χ4n) is 4.40. The van der Waals surface area contributed by atoms with Crippen LogP contribution in [0.15, 0.2) is 60.9 Å². The number of hydrogen-bond donors (Lipinski definition) is 2. The Kier molecular flexibility index (Phi) is 5.49. The molecule has 160 valence electrons. The summed E-state index contributed by atoms with van der Waals surface area (Å²) in [6.45, 7) is 3.40. The Morgan fingerprint density at radius 2 is 1.88 bits per heavy atom. The first kappa shape index (κ1) is 20.1. The van der Waals surface area contributed by atoms with Gasteiger partial charge in [-0.25, -0.2) is 9.97 Å². The van der Waals surface area contributed by atoms with Gasteiger partial charge in [0.05, 0.1) is 11.9 Å². The summed E-state index contributed by atoms with van der Waals surface area (Å²) in [6.07, 6.45) is 3.52. The molecule has 2 aromatic heterocycles. The van der Waals surface area contributed by atoms with E-state index in [1.807, 2.05) is 49.4 Å². The van der Waals surface area contributed by atoms with Crippen LogP contribution in [0.3, 0.4) is 0 Å². The molecule has 0 bridgehead atoms.